The van der Waals surface area contributed by atoms with E-state index in [2.05, 4.69) is 20.2 Å². The van der Waals surface area contributed by atoms with Gasteiger partial charge >= 0.3 is 6.03 Å². The number of nitrogens with one attached hydrogen (secondary N) is 1. The molecule has 2 aromatic heterocycles. The molecule has 1 atom stereocenters. The summed E-state index contributed by atoms with van der Waals surface area (Å²) >= 11 is 0. The summed E-state index contributed by atoms with van der Waals surface area (Å²) in [6.07, 6.45) is 5.49. The molecule has 2 aliphatic heterocycles. The molecule has 4 rings (SSSR count). The number of rotatable bonds is 4. The number of carbonyl (C=O) groups excluding carboxylic acids is 1. The van der Waals surface area contributed by atoms with Crippen molar-refractivity contribution in [3.8, 4) is 0 Å². The summed E-state index contributed by atoms with van der Waals surface area (Å²) in [5.41, 5.74) is 0.824. The number of morpholine rings is 1. The van der Waals surface area contributed by atoms with Gasteiger partial charge in [-0.1, -0.05) is 0 Å². The Morgan fingerprint density at radius 2 is 2.15 bits per heavy atom. The predicted molar refractivity (Wildman–Crippen MR) is 94.7 cm³/mol. The van der Waals surface area contributed by atoms with Gasteiger partial charge in [-0.25, -0.2) is 14.8 Å². The smallest absolute Gasteiger partial charge is 0.317 e. The molecule has 2 aliphatic rings. The Morgan fingerprint density at radius 3 is 2.96 bits per heavy atom. The van der Waals surface area contributed by atoms with Crippen LogP contribution in [0.15, 0.2) is 35.1 Å². The fourth-order valence-corrected chi connectivity index (χ4v) is 3.31. The van der Waals surface area contributed by atoms with E-state index >= 15 is 0 Å². The summed E-state index contributed by atoms with van der Waals surface area (Å²) in [7, 11) is 0. The van der Waals surface area contributed by atoms with Crippen LogP contribution in [-0.4, -0.2) is 53.7 Å². The number of nitrogens with zero attached hydrogens (tertiary/aromatic N) is 4. The van der Waals surface area contributed by atoms with Crippen LogP contribution in [0.2, 0.25) is 0 Å². The minimum absolute atomic E-state index is 0.122. The molecule has 2 saturated heterocycles. The molecular formula is C18H23N5O3. The second-order valence-electron chi connectivity index (χ2n) is 6.52. The van der Waals surface area contributed by atoms with Gasteiger partial charge in [0, 0.05) is 25.8 Å². The first kappa shape index (κ1) is 16.8. The summed E-state index contributed by atoms with van der Waals surface area (Å²) in [5, 5.41) is 2.88. The first-order valence-corrected chi connectivity index (χ1v) is 9.04. The lowest BCUT2D eigenvalue weighted by Crippen LogP contribution is -2.47. The zero-order valence-electron chi connectivity index (χ0n) is 14.6. The third-order valence-electron chi connectivity index (χ3n) is 4.73. The van der Waals surface area contributed by atoms with Crippen molar-refractivity contribution < 1.29 is 13.9 Å². The molecule has 0 saturated carbocycles. The Labute approximate surface area is 152 Å². The Bertz CT molecular complexity index is 730. The van der Waals surface area contributed by atoms with Crippen LogP contribution in [0.3, 0.4) is 0 Å². The van der Waals surface area contributed by atoms with Gasteiger partial charge in [0.15, 0.2) is 0 Å². The fourth-order valence-electron chi connectivity index (χ4n) is 3.31. The number of anilines is 1. The summed E-state index contributed by atoms with van der Waals surface area (Å²) < 4.78 is 11.1. The second-order valence-corrected chi connectivity index (χ2v) is 6.52. The standard InChI is InChI=1S/C18H23N5O3/c24-18(20-12-14-4-3-10-25-14)23-9-11-26-16(13-23)15-5-6-19-17(21-15)22-7-1-2-8-22/h3-6,10,16H,1-2,7-9,11-13H2,(H,20,24)/t16-/m1/s1. The maximum Gasteiger partial charge on any atom is 0.317 e. The lowest BCUT2D eigenvalue weighted by atomic mass is 10.2. The lowest BCUT2D eigenvalue weighted by Gasteiger charge is -2.32. The minimum atomic E-state index is -0.234. The normalized spacial score (nSPS) is 20.4. The zero-order chi connectivity index (χ0) is 17.8. The number of ether oxygens (including phenoxy) is 1. The van der Waals surface area contributed by atoms with Crippen LogP contribution in [-0.2, 0) is 11.3 Å². The number of aromatic nitrogens is 2. The number of furan rings is 1. The largest absolute Gasteiger partial charge is 0.467 e. The maximum atomic E-state index is 12.4. The summed E-state index contributed by atoms with van der Waals surface area (Å²) in [4.78, 5) is 25.4. The van der Waals surface area contributed by atoms with Crippen LogP contribution in [0, 0.1) is 0 Å². The monoisotopic (exact) mass is 357 g/mol. The quantitative estimate of drug-likeness (QED) is 0.900. The van der Waals surface area contributed by atoms with Crippen molar-refractivity contribution >= 4 is 12.0 Å². The van der Waals surface area contributed by atoms with E-state index in [9.17, 15) is 4.79 Å². The van der Waals surface area contributed by atoms with Crippen LogP contribution < -0.4 is 10.2 Å². The third kappa shape index (κ3) is 3.80. The summed E-state index contributed by atoms with van der Waals surface area (Å²) in [6.45, 7) is 3.89. The first-order valence-electron chi connectivity index (χ1n) is 9.04. The fraction of sp³-hybridized carbons (Fsp3) is 0.500. The topological polar surface area (TPSA) is 83.7 Å². The molecule has 4 heterocycles. The summed E-state index contributed by atoms with van der Waals surface area (Å²) in [6, 6.07) is 5.39. The van der Waals surface area contributed by atoms with Crippen LogP contribution in [0.5, 0.6) is 0 Å². The number of carbonyl (C=O) groups is 1. The van der Waals surface area contributed by atoms with Gasteiger partial charge in [-0.2, -0.15) is 0 Å². The molecule has 8 nitrogen and oxygen atoms in total. The van der Waals surface area contributed by atoms with Gasteiger partial charge in [0.2, 0.25) is 5.95 Å². The maximum absolute atomic E-state index is 12.4. The van der Waals surface area contributed by atoms with Crippen molar-refractivity contribution in [1.82, 2.24) is 20.2 Å². The van der Waals surface area contributed by atoms with E-state index in [-0.39, 0.29) is 12.1 Å². The van der Waals surface area contributed by atoms with Gasteiger partial charge < -0.3 is 24.3 Å². The molecule has 8 heteroatoms. The molecule has 2 aromatic rings. The Kier molecular flexibility index (Phi) is 5.01. The van der Waals surface area contributed by atoms with Crippen molar-refractivity contribution in [2.24, 2.45) is 0 Å². The van der Waals surface area contributed by atoms with Gasteiger partial charge in [-0.3, -0.25) is 0 Å². The summed E-state index contributed by atoms with van der Waals surface area (Å²) in [5.74, 6) is 1.48. The highest BCUT2D eigenvalue weighted by Crippen LogP contribution is 2.23. The molecule has 2 fully saturated rings. The highest BCUT2D eigenvalue weighted by atomic mass is 16.5. The first-order chi connectivity index (χ1) is 12.8. The second kappa shape index (κ2) is 7.74. The Morgan fingerprint density at radius 1 is 1.27 bits per heavy atom. The van der Waals surface area contributed by atoms with Crippen molar-refractivity contribution in [1.29, 1.82) is 0 Å². The van der Waals surface area contributed by atoms with Crippen LogP contribution >= 0.6 is 0 Å². The van der Waals surface area contributed by atoms with E-state index in [1.54, 1.807) is 23.4 Å². The van der Waals surface area contributed by atoms with E-state index in [0.717, 1.165) is 30.5 Å². The van der Waals surface area contributed by atoms with E-state index in [0.29, 0.717) is 26.2 Å². The number of hydrogen-bond acceptors (Lipinski definition) is 6. The molecule has 1 N–H and O–H groups in total. The molecule has 0 spiro atoms. The van der Waals surface area contributed by atoms with Gasteiger partial charge in [0.05, 0.1) is 31.7 Å². The van der Waals surface area contributed by atoms with Crippen LogP contribution in [0.25, 0.3) is 0 Å². The molecular weight excluding hydrogens is 334 g/mol. The van der Waals surface area contributed by atoms with Crippen molar-refractivity contribution in [3.63, 3.8) is 0 Å². The lowest BCUT2D eigenvalue weighted by molar-refractivity contribution is -0.0177. The molecule has 2 amide bonds. The average molecular weight is 357 g/mol. The average Bonchev–Trinajstić information content (AvgIpc) is 3.40. The molecule has 0 radical (unpaired) electrons. The molecule has 0 aliphatic carbocycles. The SMILES string of the molecule is O=C(NCc1ccco1)N1CCO[C@@H](c2ccnc(N3CCCC3)n2)C1. The highest BCUT2D eigenvalue weighted by Gasteiger charge is 2.27. The van der Waals surface area contributed by atoms with Gasteiger partial charge in [0.1, 0.15) is 11.9 Å². The van der Waals surface area contributed by atoms with E-state index in [1.165, 1.54) is 12.8 Å². The van der Waals surface area contributed by atoms with Crippen molar-refractivity contribution in [3.05, 3.63) is 42.1 Å². The number of urea groups is 1. The van der Waals surface area contributed by atoms with E-state index in [4.69, 9.17) is 9.15 Å². The van der Waals surface area contributed by atoms with Crippen molar-refractivity contribution in [2.45, 2.75) is 25.5 Å². The number of hydrogen-bond donors (Lipinski definition) is 1. The minimum Gasteiger partial charge on any atom is -0.467 e. The van der Waals surface area contributed by atoms with Gasteiger partial charge in [-0.05, 0) is 31.0 Å². The molecule has 0 unspecified atom stereocenters. The van der Waals surface area contributed by atoms with Crippen LogP contribution in [0.4, 0.5) is 10.7 Å². The van der Waals surface area contributed by atoms with E-state index in [1.807, 2.05) is 12.1 Å². The van der Waals surface area contributed by atoms with Gasteiger partial charge in [0.25, 0.3) is 0 Å². The predicted octanol–water partition coefficient (Wildman–Crippen LogP) is 1.95. The molecule has 0 bridgehead atoms. The third-order valence-corrected chi connectivity index (χ3v) is 4.73. The highest BCUT2D eigenvalue weighted by molar-refractivity contribution is 5.74. The zero-order valence-corrected chi connectivity index (χ0v) is 14.6. The van der Waals surface area contributed by atoms with Gasteiger partial charge in [-0.15, -0.1) is 0 Å². The molecule has 26 heavy (non-hydrogen) atoms. The Balaban J connectivity index is 1.38. The van der Waals surface area contributed by atoms with E-state index < -0.39 is 0 Å². The Hall–Kier alpha value is -2.61. The molecule has 138 valence electrons. The number of amides is 2. The van der Waals surface area contributed by atoms with Crippen LogP contribution in [0.1, 0.15) is 30.4 Å². The van der Waals surface area contributed by atoms with Crippen molar-refractivity contribution in [2.75, 3.05) is 37.7 Å². The molecule has 0 aromatic carbocycles.